The lowest BCUT2D eigenvalue weighted by Gasteiger charge is -2.26. The molecule has 4 nitrogen and oxygen atoms in total. The molecule has 1 saturated heterocycles. The first-order valence-corrected chi connectivity index (χ1v) is 9.27. The van der Waals surface area contributed by atoms with Crippen LogP contribution < -0.4 is 5.32 Å². The number of likely N-dealkylation sites (tertiary alicyclic amines) is 1. The summed E-state index contributed by atoms with van der Waals surface area (Å²) in [6, 6.07) is 11.5. The number of imidazole rings is 1. The highest BCUT2D eigenvalue weighted by Crippen LogP contribution is 2.21. The molecule has 4 heteroatoms. The summed E-state index contributed by atoms with van der Waals surface area (Å²) in [5.41, 5.74) is 1.42. The van der Waals surface area contributed by atoms with Crippen molar-refractivity contribution >= 4 is 0 Å². The minimum Gasteiger partial charge on any atom is -0.335 e. The fourth-order valence-electron chi connectivity index (χ4n) is 4.23. The Morgan fingerprint density at radius 1 is 1.17 bits per heavy atom. The molecule has 1 fully saturated rings. The molecule has 0 spiro atoms. The zero-order valence-electron chi connectivity index (χ0n) is 14.6. The van der Waals surface area contributed by atoms with E-state index in [4.69, 9.17) is 0 Å². The van der Waals surface area contributed by atoms with Gasteiger partial charge in [0.1, 0.15) is 5.82 Å². The van der Waals surface area contributed by atoms with Crippen LogP contribution in [-0.2, 0) is 19.5 Å². The fraction of sp³-hybridized carbons (Fsp3) is 0.550. The van der Waals surface area contributed by atoms with Gasteiger partial charge in [-0.15, -0.1) is 0 Å². The predicted molar refractivity (Wildman–Crippen MR) is 96.7 cm³/mol. The lowest BCUT2D eigenvalue weighted by atomic mass is 9.98. The normalized spacial score (nSPS) is 27.3. The van der Waals surface area contributed by atoms with Crippen molar-refractivity contribution in [2.24, 2.45) is 11.8 Å². The van der Waals surface area contributed by atoms with E-state index in [1.807, 2.05) is 6.20 Å². The Labute approximate surface area is 144 Å². The van der Waals surface area contributed by atoms with E-state index in [9.17, 15) is 0 Å². The largest absolute Gasteiger partial charge is 0.335 e. The first-order chi connectivity index (χ1) is 11.8. The van der Waals surface area contributed by atoms with Crippen molar-refractivity contribution < 1.29 is 0 Å². The highest BCUT2D eigenvalue weighted by Gasteiger charge is 2.30. The molecular weight excluding hydrogens is 296 g/mol. The Morgan fingerprint density at radius 2 is 2.04 bits per heavy atom. The van der Waals surface area contributed by atoms with Gasteiger partial charge in [0.15, 0.2) is 0 Å². The molecule has 3 unspecified atom stereocenters. The van der Waals surface area contributed by atoms with Gasteiger partial charge in [0.2, 0.25) is 0 Å². The van der Waals surface area contributed by atoms with Crippen molar-refractivity contribution in [3.63, 3.8) is 0 Å². The molecule has 24 heavy (non-hydrogen) atoms. The third-order valence-electron chi connectivity index (χ3n) is 5.64. The van der Waals surface area contributed by atoms with Crippen LogP contribution in [0.5, 0.6) is 0 Å². The quantitative estimate of drug-likeness (QED) is 0.917. The van der Waals surface area contributed by atoms with Gasteiger partial charge in [-0.2, -0.15) is 0 Å². The van der Waals surface area contributed by atoms with Gasteiger partial charge in [0.05, 0.1) is 0 Å². The zero-order valence-corrected chi connectivity index (χ0v) is 14.6. The molecule has 0 amide bonds. The fourth-order valence-corrected chi connectivity index (χ4v) is 4.23. The van der Waals surface area contributed by atoms with E-state index >= 15 is 0 Å². The number of hydrogen-bond acceptors (Lipinski definition) is 3. The summed E-state index contributed by atoms with van der Waals surface area (Å²) < 4.78 is 2.33. The van der Waals surface area contributed by atoms with Gasteiger partial charge in [-0.05, 0) is 30.4 Å². The molecule has 1 aromatic heterocycles. The average Bonchev–Trinajstić information content (AvgIpc) is 3.19. The maximum absolute atomic E-state index is 4.43. The van der Waals surface area contributed by atoms with E-state index in [1.165, 1.54) is 30.9 Å². The standard InChI is InChI=1S/C20H28N4/c1-16-12-23(13-17-5-3-2-4-6-17)15-19(16)22-11-18-7-8-20-21-9-10-24(20)14-18/h2-6,9-10,16,18-19,22H,7-8,11-15H2,1H3. The second kappa shape index (κ2) is 7.08. The van der Waals surface area contributed by atoms with Crippen LogP contribution >= 0.6 is 0 Å². The molecule has 0 bridgehead atoms. The van der Waals surface area contributed by atoms with Crippen LogP contribution in [0.3, 0.4) is 0 Å². The second-order valence-electron chi connectivity index (χ2n) is 7.57. The molecule has 4 rings (SSSR count). The summed E-state index contributed by atoms with van der Waals surface area (Å²) in [5.74, 6) is 2.72. The topological polar surface area (TPSA) is 33.1 Å². The van der Waals surface area contributed by atoms with E-state index in [0.717, 1.165) is 37.9 Å². The minimum atomic E-state index is 0.623. The maximum Gasteiger partial charge on any atom is 0.108 e. The third-order valence-corrected chi connectivity index (χ3v) is 5.64. The Balaban J connectivity index is 1.27. The van der Waals surface area contributed by atoms with E-state index in [2.05, 4.69) is 63.2 Å². The van der Waals surface area contributed by atoms with Gasteiger partial charge in [-0.1, -0.05) is 37.3 Å². The zero-order chi connectivity index (χ0) is 16.4. The monoisotopic (exact) mass is 324 g/mol. The molecule has 0 saturated carbocycles. The number of nitrogens with zero attached hydrogens (tertiary/aromatic N) is 3. The summed E-state index contributed by atoms with van der Waals surface area (Å²) >= 11 is 0. The van der Waals surface area contributed by atoms with Crippen LogP contribution in [0, 0.1) is 11.8 Å². The Bertz CT molecular complexity index is 651. The molecule has 0 radical (unpaired) electrons. The SMILES string of the molecule is CC1CN(Cc2ccccc2)CC1NCC1CCc2nccn2C1. The number of nitrogens with one attached hydrogen (secondary N) is 1. The lowest BCUT2D eigenvalue weighted by molar-refractivity contribution is 0.304. The smallest absolute Gasteiger partial charge is 0.108 e. The molecule has 3 atom stereocenters. The molecule has 2 aliphatic heterocycles. The van der Waals surface area contributed by atoms with Gasteiger partial charge in [-0.3, -0.25) is 4.90 Å². The summed E-state index contributed by atoms with van der Waals surface area (Å²) in [5, 5.41) is 3.86. The summed E-state index contributed by atoms with van der Waals surface area (Å²) in [7, 11) is 0. The van der Waals surface area contributed by atoms with E-state index in [-0.39, 0.29) is 0 Å². The number of benzene rings is 1. The van der Waals surface area contributed by atoms with Crippen molar-refractivity contribution in [2.45, 2.75) is 38.9 Å². The lowest BCUT2D eigenvalue weighted by Crippen LogP contribution is -2.40. The first-order valence-electron chi connectivity index (χ1n) is 9.27. The number of aryl methyl sites for hydroxylation is 1. The van der Waals surface area contributed by atoms with E-state index < -0.39 is 0 Å². The Kier molecular flexibility index (Phi) is 4.67. The second-order valence-corrected chi connectivity index (χ2v) is 7.57. The third kappa shape index (κ3) is 3.55. The van der Waals surface area contributed by atoms with E-state index in [1.54, 1.807) is 0 Å². The summed E-state index contributed by atoms with van der Waals surface area (Å²) in [6.45, 7) is 8.08. The maximum atomic E-state index is 4.43. The molecule has 1 N–H and O–H groups in total. The highest BCUT2D eigenvalue weighted by molar-refractivity contribution is 5.14. The minimum absolute atomic E-state index is 0.623. The number of fused-ring (bicyclic) bond motifs is 1. The molecular formula is C20H28N4. The molecule has 2 aromatic rings. The molecule has 3 heterocycles. The summed E-state index contributed by atoms with van der Waals surface area (Å²) in [6.07, 6.45) is 6.45. The van der Waals surface area contributed by atoms with Crippen LogP contribution in [0.4, 0.5) is 0 Å². The number of aromatic nitrogens is 2. The van der Waals surface area contributed by atoms with Gasteiger partial charge in [0, 0.05) is 51.0 Å². The Morgan fingerprint density at radius 3 is 2.92 bits per heavy atom. The van der Waals surface area contributed by atoms with Crippen molar-refractivity contribution in [2.75, 3.05) is 19.6 Å². The molecule has 128 valence electrons. The van der Waals surface area contributed by atoms with Gasteiger partial charge < -0.3 is 9.88 Å². The summed E-state index contributed by atoms with van der Waals surface area (Å²) in [4.78, 5) is 7.02. The van der Waals surface area contributed by atoms with Gasteiger partial charge in [-0.25, -0.2) is 4.98 Å². The molecule has 0 aliphatic carbocycles. The number of rotatable bonds is 5. The van der Waals surface area contributed by atoms with Crippen molar-refractivity contribution in [3.05, 3.63) is 54.1 Å². The molecule has 1 aromatic carbocycles. The number of hydrogen-bond donors (Lipinski definition) is 1. The van der Waals surface area contributed by atoms with Gasteiger partial charge in [0.25, 0.3) is 0 Å². The van der Waals surface area contributed by atoms with E-state index in [0.29, 0.717) is 6.04 Å². The van der Waals surface area contributed by atoms with Crippen molar-refractivity contribution in [1.82, 2.24) is 19.8 Å². The first kappa shape index (κ1) is 15.9. The molecule has 2 aliphatic rings. The van der Waals surface area contributed by atoms with Crippen LogP contribution in [-0.4, -0.2) is 40.1 Å². The van der Waals surface area contributed by atoms with Crippen molar-refractivity contribution in [1.29, 1.82) is 0 Å². The van der Waals surface area contributed by atoms with Crippen LogP contribution in [0.15, 0.2) is 42.7 Å². The van der Waals surface area contributed by atoms with Crippen LogP contribution in [0.2, 0.25) is 0 Å². The van der Waals surface area contributed by atoms with Crippen LogP contribution in [0.1, 0.15) is 24.7 Å². The average molecular weight is 324 g/mol. The van der Waals surface area contributed by atoms with Crippen molar-refractivity contribution in [3.8, 4) is 0 Å². The Hall–Kier alpha value is -1.65. The highest BCUT2D eigenvalue weighted by atomic mass is 15.2. The van der Waals surface area contributed by atoms with Crippen LogP contribution in [0.25, 0.3) is 0 Å². The predicted octanol–water partition coefficient (Wildman–Crippen LogP) is 2.56. The van der Waals surface area contributed by atoms with Gasteiger partial charge >= 0.3 is 0 Å².